The maximum absolute atomic E-state index is 12.0. The summed E-state index contributed by atoms with van der Waals surface area (Å²) >= 11 is 0. The van der Waals surface area contributed by atoms with E-state index in [9.17, 15) is 4.79 Å². The monoisotopic (exact) mass is 275 g/mol. The SMILES string of the molecule is CC1CCCCC1OC(=O)C(N)CCc1ccccc1. The van der Waals surface area contributed by atoms with Crippen LogP contribution >= 0.6 is 0 Å². The van der Waals surface area contributed by atoms with Crippen molar-refractivity contribution >= 4 is 5.97 Å². The van der Waals surface area contributed by atoms with Gasteiger partial charge in [-0.1, -0.05) is 43.7 Å². The third-order valence-electron chi connectivity index (χ3n) is 4.19. The standard InChI is InChI=1S/C17H25NO2/c1-13-7-5-6-10-16(13)20-17(19)15(18)12-11-14-8-3-2-4-9-14/h2-4,8-9,13,15-16H,5-7,10-12,18H2,1H3. The number of carbonyl (C=O) groups is 1. The number of aryl methyl sites for hydroxylation is 1. The molecule has 3 atom stereocenters. The van der Waals surface area contributed by atoms with Crippen LogP contribution in [-0.4, -0.2) is 18.1 Å². The van der Waals surface area contributed by atoms with Crippen LogP contribution in [0.15, 0.2) is 30.3 Å². The van der Waals surface area contributed by atoms with E-state index in [2.05, 4.69) is 19.1 Å². The quantitative estimate of drug-likeness (QED) is 0.840. The van der Waals surface area contributed by atoms with Gasteiger partial charge in [0.2, 0.25) is 0 Å². The molecule has 0 spiro atoms. The normalized spacial score (nSPS) is 24.1. The third-order valence-corrected chi connectivity index (χ3v) is 4.19. The molecule has 1 aliphatic carbocycles. The summed E-state index contributed by atoms with van der Waals surface area (Å²) in [5.41, 5.74) is 7.16. The Morgan fingerprint density at radius 1 is 1.30 bits per heavy atom. The summed E-state index contributed by atoms with van der Waals surface area (Å²) in [6.45, 7) is 2.16. The Labute approximate surface area is 121 Å². The molecule has 0 amide bonds. The van der Waals surface area contributed by atoms with Gasteiger partial charge in [0.1, 0.15) is 12.1 Å². The van der Waals surface area contributed by atoms with Gasteiger partial charge in [0.15, 0.2) is 0 Å². The maximum Gasteiger partial charge on any atom is 0.323 e. The van der Waals surface area contributed by atoms with Gasteiger partial charge in [0, 0.05) is 0 Å². The van der Waals surface area contributed by atoms with Gasteiger partial charge in [-0.05, 0) is 43.6 Å². The largest absolute Gasteiger partial charge is 0.461 e. The molecule has 3 unspecified atom stereocenters. The fourth-order valence-electron chi connectivity index (χ4n) is 2.78. The smallest absolute Gasteiger partial charge is 0.323 e. The van der Waals surface area contributed by atoms with Crippen LogP contribution in [0.25, 0.3) is 0 Å². The lowest BCUT2D eigenvalue weighted by Gasteiger charge is -2.29. The molecule has 1 saturated carbocycles. The molecule has 0 aromatic heterocycles. The van der Waals surface area contributed by atoms with Crippen LogP contribution in [0.3, 0.4) is 0 Å². The predicted octanol–water partition coefficient (Wildman–Crippen LogP) is 3.07. The molecule has 0 heterocycles. The number of carbonyl (C=O) groups excluding carboxylic acids is 1. The van der Waals surface area contributed by atoms with Gasteiger partial charge in [0.25, 0.3) is 0 Å². The minimum Gasteiger partial charge on any atom is -0.461 e. The molecule has 0 aliphatic heterocycles. The van der Waals surface area contributed by atoms with Crippen molar-refractivity contribution in [2.45, 2.75) is 57.6 Å². The molecule has 2 N–H and O–H groups in total. The van der Waals surface area contributed by atoms with Crippen molar-refractivity contribution in [1.82, 2.24) is 0 Å². The van der Waals surface area contributed by atoms with Crippen molar-refractivity contribution in [2.75, 3.05) is 0 Å². The van der Waals surface area contributed by atoms with Crippen LogP contribution in [0, 0.1) is 5.92 Å². The zero-order valence-corrected chi connectivity index (χ0v) is 12.3. The summed E-state index contributed by atoms with van der Waals surface area (Å²) in [6.07, 6.45) is 6.06. The molecule has 1 aromatic carbocycles. The molecule has 0 saturated heterocycles. The molecule has 3 heteroatoms. The molecule has 0 bridgehead atoms. The second kappa shape index (κ2) is 7.44. The first-order chi connectivity index (χ1) is 9.66. The van der Waals surface area contributed by atoms with Crippen LogP contribution in [0.2, 0.25) is 0 Å². The Kier molecular flexibility index (Phi) is 5.60. The Hall–Kier alpha value is -1.35. The first kappa shape index (κ1) is 15.0. The van der Waals surface area contributed by atoms with Gasteiger partial charge < -0.3 is 10.5 Å². The van der Waals surface area contributed by atoms with E-state index < -0.39 is 6.04 Å². The molecule has 2 rings (SSSR count). The van der Waals surface area contributed by atoms with Crippen molar-refractivity contribution < 1.29 is 9.53 Å². The van der Waals surface area contributed by atoms with Crippen LogP contribution < -0.4 is 5.73 Å². The van der Waals surface area contributed by atoms with Gasteiger partial charge in [-0.3, -0.25) is 4.79 Å². The highest BCUT2D eigenvalue weighted by atomic mass is 16.5. The van der Waals surface area contributed by atoms with Gasteiger partial charge >= 0.3 is 5.97 Å². The van der Waals surface area contributed by atoms with Crippen molar-refractivity contribution in [2.24, 2.45) is 11.7 Å². The molecule has 110 valence electrons. The lowest BCUT2D eigenvalue weighted by atomic mass is 9.88. The number of nitrogens with two attached hydrogens (primary N) is 1. The van der Waals surface area contributed by atoms with Crippen molar-refractivity contribution in [1.29, 1.82) is 0 Å². The van der Waals surface area contributed by atoms with E-state index in [1.807, 2.05) is 18.2 Å². The van der Waals surface area contributed by atoms with E-state index >= 15 is 0 Å². The van der Waals surface area contributed by atoms with Crippen molar-refractivity contribution in [3.63, 3.8) is 0 Å². The molecular weight excluding hydrogens is 250 g/mol. The summed E-state index contributed by atoms with van der Waals surface area (Å²) in [4.78, 5) is 12.0. The fraction of sp³-hybridized carbons (Fsp3) is 0.588. The summed E-state index contributed by atoms with van der Waals surface area (Å²) in [7, 11) is 0. The van der Waals surface area contributed by atoms with Gasteiger partial charge in [-0.25, -0.2) is 0 Å². The van der Waals surface area contributed by atoms with Gasteiger partial charge in [0.05, 0.1) is 0 Å². The molecule has 3 nitrogen and oxygen atoms in total. The Balaban J connectivity index is 1.77. The Bertz CT molecular complexity index is 418. The zero-order chi connectivity index (χ0) is 14.4. The summed E-state index contributed by atoms with van der Waals surface area (Å²) in [5, 5.41) is 0. The number of benzene rings is 1. The van der Waals surface area contributed by atoms with Gasteiger partial charge in [-0.2, -0.15) is 0 Å². The Morgan fingerprint density at radius 3 is 2.70 bits per heavy atom. The van der Waals surface area contributed by atoms with E-state index in [-0.39, 0.29) is 12.1 Å². The van der Waals surface area contributed by atoms with E-state index in [1.165, 1.54) is 12.0 Å². The fourth-order valence-corrected chi connectivity index (χ4v) is 2.78. The number of rotatable bonds is 5. The highest BCUT2D eigenvalue weighted by Gasteiger charge is 2.26. The van der Waals surface area contributed by atoms with Crippen molar-refractivity contribution in [3.05, 3.63) is 35.9 Å². The Morgan fingerprint density at radius 2 is 2.00 bits per heavy atom. The summed E-state index contributed by atoms with van der Waals surface area (Å²) < 4.78 is 5.59. The molecule has 1 fully saturated rings. The van der Waals surface area contributed by atoms with E-state index in [1.54, 1.807) is 0 Å². The highest BCUT2D eigenvalue weighted by molar-refractivity contribution is 5.75. The molecule has 0 radical (unpaired) electrons. The van der Waals surface area contributed by atoms with E-state index in [0.29, 0.717) is 12.3 Å². The molecule has 20 heavy (non-hydrogen) atoms. The average molecular weight is 275 g/mol. The number of ether oxygens (including phenoxy) is 1. The van der Waals surface area contributed by atoms with Crippen LogP contribution in [0.1, 0.15) is 44.6 Å². The van der Waals surface area contributed by atoms with E-state index in [0.717, 1.165) is 25.7 Å². The topological polar surface area (TPSA) is 52.3 Å². The molecular formula is C17H25NO2. The van der Waals surface area contributed by atoms with Gasteiger partial charge in [-0.15, -0.1) is 0 Å². The van der Waals surface area contributed by atoms with Crippen LogP contribution in [0.4, 0.5) is 0 Å². The molecule has 1 aliphatic rings. The minimum absolute atomic E-state index is 0.0685. The third kappa shape index (κ3) is 4.34. The summed E-state index contributed by atoms with van der Waals surface area (Å²) in [5.74, 6) is 0.230. The number of hydrogen-bond acceptors (Lipinski definition) is 3. The predicted molar refractivity (Wildman–Crippen MR) is 80.3 cm³/mol. The van der Waals surface area contributed by atoms with Crippen LogP contribution in [0.5, 0.6) is 0 Å². The minimum atomic E-state index is -0.510. The maximum atomic E-state index is 12.0. The average Bonchev–Trinajstić information content (AvgIpc) is 2.48. The van der Waals surface area contributed by atoms with Crippen molar-refractivity contribution in [3.8, 4) is 0 Å². The first-order valence-corrected chi connectivity index (χ1v) is 7.67. The number of hydrogen-bond donors (Lipinski definition) is 1. The lowest BCUT2D eigenvalue weighted by molar-refractivity contribution is -0.155. The lowest BCUT2D eigenvalue weighted by Crippen LogP contribution is -2.38. The zero-order valence-electron chi connectivity index (χ0n) is 12.3. The van der Waals surface area contributed by atoms with E-state index in [4.69, 9.17) is 10.5 Å². The highest BCUT2D eigenvalue weighted by Crippen LogP contribution is 2.26. The second-order valence-corrected chi connectivity index (χ2v) is 5.87. The second-order valence-electron chi connectivity index (χ2n) is 5.87. The first-order valence-electron chi connectivity index (χ1n) is 7.67. The van der Waals surface area contributed by atoms with Crippen LogP contribution in [-0.2, 0) is 16.0 Å². The number of esters is 1. The molecule has 1 aromatic rings. The summed E-state index contributed by atoms with van der Waals surface area (Å²) in [6, 6.07) is 9.60.